The van der Waals surface area contributed by atoms with E-state index >= 15 is 0 Å². The number of aromatic nitrogens is 1. The normalized spacial score (nSPS) is 11.4. The van der Waals surface area contributed by atoms with Gasteiger partial charge in [0.25, 0.3) is 0 Å². The fourth-order valence-corrected chi connectivity index (χ4v) is 4.00. The number of fused-ring (bicyclic) bond motifs is 1. The van der Waals surface area contributed by atoms with Gasteiger partial charge in [-0.3, -0.25) is 4.79 Å². The lowest BCUT2D eigenvalue weighted by atomic mass is 10.1. The van der Waals surface area contributed by atoms with Crippen molar-refractivity contribution in [2.45, 2.75) is 52.5 Å². The molecule has 0 saturated heterocycles. The topological polar surface area (TPSA) is 37.3 Å². The second-order valence-corrected chi connectivity index (χ2v) is 8.65. The van der Waals surface area contributed by atoms with E-state index in [1.165, 1.54) is 40.4 Å². The molecule has 1 aromatic heterocycles. The molecule has 0 aliphatic heterocycles. The van der Waals surface area contributed by atoms with Gasteiger partial charge in [0.1, 0.15) is 0 Å². The Morgan fingerprint density at radius 1 is 1.03 bits per heavy atom. The molecule has 0 unspecified atom stereocenters. The molecule has 2 aromatic carbocycles. The fourth-order valence-electron chi connectivity index (χ4n) is 4.00. The van der Waals surface area contributed by atoms with Crippen LogP contribution in [0.5, 0.6) is 0 Å². The minimum atomic E-state index is 0.145. The van der Waals surface area contributed by atoms with Crippen molar-refractivity contribution >= 4 is 16.8 Å². The third-order valence-corrected chi connectivity index (χ3v) is 5.90. The van der Waals surface area contributed by atoms with Gasteiger partial charge < -0.3 is 14.8 Å². The highest BCUT2D eigenvalue weighted by atomic mass is 16.1. The number of rotatable bonds is 12. The summed E-state index contributed by atoms with van der Waals surface area (Å²) in [7, 11) is 2.16. The number of para-hydroxylation sites is 1. The Morgan fingerprint density at radius 2 is 1.77 bits per heavy atom. The van der Waals surface area contributed by atoms with Gasteiger partial charge in [-0.2, -0.15) is 0 Å². The number of nitrogens with zero attached hydrogens (tertiary/aromatic N) is 2. The third-order valence-electron chi connectivity index (χ3n) is 5.90. The quantitative estimate of drug-likeness (QED) is 0.411. The lowest BCUT2D eigenvalue weighted by Crippen LogP contribution is -2.28. The highest BCUT2D eigenvalue weighted by molar-refractivity contribution is 5.85. The van der Waals surface area contributed by atoms with Gasteiger partial charge in [0, 0.05) is 36.6 Å². The molecule has 0 radical (unpaired) electrons. The van der Waals surface area contributed by atoms with Gasteiger partial charge in [-0.1, -0.05) is 61.4 Å². The smallest absolute Gasteiger partial charge is 0.220 e. The average molecular weight is 420 g/mol. The van der Waals surface area contributed by atoms with E-state index in [-0.39, 0.29) is 5.91 Å². The Bertz CT molecular complexity index is 958. The molecule has 1 N–H and O–H groups in total. The van der Waals surface area contributed by atoms with Crippen LogP contribution in [0.1, 0.15) is 49.3 Å². The standard InChI is InChI=1S/C27H37N3O/c1-4-5-18-29(3)19-8-17-28-27(31)16-15-24-21-30(26-10-7-6-9-25(24)26)20-23-13-11-22(2)12-14-23/h6-7,9-14,21H,4-5,8,15-20H2,1-3H3,(H,28,31). The van der Waals surface area contributed by atoms with Gasteiger partial charge in [0.2, 0.25) is 5.91 Å². The zero-order valence-corrected chi connectivity index (χ0v) is 19.4. The van der Waals surface area contributed by atoms with E-state index in [2.05, 4.69) is 90.4 Å². The van der Waals surface area contributed by atoms with Crippen LogP contribution in [0, 0.1) is 6.92 Å². The molecule has 1 amide bonds. The fraction of sp³-hybridized carbons (Fsp3) is 0.444. The van der Waals surface area contributed by atoms with Crippen molar-refractivity contribution < 1.29 is 4.79 Å². The Kier molecular flexibility index (Phi) is 8.72. The summed E-state index contributed by atoms with van der Waals surface area (Å²) in [6.45, 7) is 8.10. The summed E-state index contributed by atoms with van der Waals surface area (Å²) in [5.74, 6) is 0.145. The maximum absolute atomic E-state index is 12.4. The van der Waals surface area contributed by atoms with Crippen LogP contribution in [0.3, 0.4) is 0 Å². The lowest BCUT2D eigenvalue weighted by molar-refractivity contribution is -0.121. The first-order valence-corrected chi connectivity index (χ1v) is 11.6. The van der Waals surface area contributed by atoms with E-state index in [0.717, 1.165) is 39.0 Å². The van der Waals surface area contributed by atoms with Crippen molar-refractivity contribution in [2.24, 2.45) is 0 Å². The van der Waals surface area contributed by atoms with Crippen molar-refractivity contribution in [1.82, 2.24) is 14.8 Å². The van der Waals surface area contributed by atoms with Crippen LogP contribution in [-0.4, -0.2) is 42.1 Å². The molecule has 0 saturated carbocycles. The molecule has 0 fully saturated rings. The predicted octanol–water partition coefficient (Wildman–Crippen LogP) is 5.17. The second-order valence-electron chi connectivity index (χ2n) is 8.65. The number of aryl methyl sites for hydroxylation is 2. The van der Waals surface area contributed by atoms with E-state index in [1.807, 2.05) is 0 Å². The van der Waals surface area contributed by atoms with Crippen LogP contribution in [0.25, 0.3) is 10.9 Å². The number of hydrogen-bond donors (Lipinski definition) is 1. The molecule has 3 aromatic rings. The average Bonchev–Trinajstić information content (AvgIpc) is 3.13. The van der Waals surface area contributed by atoms with Gasteiger partial charge in [-0.15, -0.1) is 0 Å². The Balaban J connectivity index is 1.53. The van der Waals surface area contributed by atoms with Crippen LogP contribution in [0.4, 0.5) is 0 Å². The number of unbranched alkanes of at least 4 members (excludes halogenated alkanes) is 1. The van der Waals surface area contributed by atoms with Crippen molar-refractivity contribution in [3.63, 3.8) is 0 Å². The highest BCUT2D eigenvalue weighted by Crippen LogP contribution is 2.23. The van der Waals surface area contributed by atoms with Crippen molar-refractivity contribution in [1.29, 1.82) is 0 Å². The van der Waals surface area contributed by atoms with Crippen LogP contribution < -0.4 is 5.32 Å². The molecule has 0 spiro atoms. The first-order valence-electron chi connectivity index (χ1n) is 11.6. The van der Waals surface area contributed by atoms with Gasteiger partial charge in [0.05, 0.1) is 0 Å². The minimum absolute atomic E-state index is 0.145. The first kappa shape index (κ1) is 23.1. The zero-order valence-electron chi connectivity index (χ0n) is 19.4. The molecule has 4 heteroatoms. The van der Waals surface area contributed by atoms with E-state index in [0.29, 0.717) is 6.42 Å². The van der Waals surface area contributed by atoms with Gasteiger partial charge in [-0.25, -0.2) is 0 Å². The molecule has 166 valence electrons. The number of hydrogen-bond acceptors (Lipinski definition) is 2. The SMILES string of the molecule is CCCCN(C)CCCNC(=O)CCc1cn(Cc2ccc(C)cc2)c2ccccc12. The molecule has 4 nitrogen and oxygen atoms in total. The van der Waals surface area contributed by atoms with Gasteiger partial charge >= 0.3 is 0 Å². The number of amides is 1. The van der Waals surface area contributed by atoms with E-state index in [9.17, 15) is 4.79 Å². The van der Waals surface area contributed by atoms with Gasteiger partial charge in [0.15, 0.2) is 0 Å². The summed E-state index contributed by atoms with van der Waals surface area (Å²) < 4.78 is 2.30. The molecule has 0 bridgehead atoms. The minimum Gasteiger partial charge on any atom is -0.356 e. The second kappa shape index (κ2) is 11.7. The number of nitrogens with one attached hydrogen (secondary N) is 1. The maximum Gasteiger partial charge on any atom is 0.220 e. The molecule has 31 heavy (non-hydrogen) atoms. The molecule has 0 aliphatic rings. The van der Waals surface area contributed by atoms with E-state index in [1.54, 1.807) is 0 Å². The molecular formula is C27H37N3O. The third kappa shape index (κ3) is 6.96. The van der Waals surface area contributed by atoms with Crippen molar-refractivity contribution in [2.75, 3.05) is 26.7 Å². The summed E-state index contributed by atoms with van der Waals surface area (Å²) in [6.07, 6.45) is 6.99. The van der Waals surface area contributed by atoms with Crippen LogP contribution in [0.2, 0.25) is 0 Å². The van der Waals surface area contributed by atoms with Crippen molar-refractivity contribution in [3.05, 3.63) is 71.4 Å². The lowest BCUT2D eigenvalue weighted by Gasteiger charge is -2.15. The zero-order chi connectivity index (χ0) is 22.1. The summed E-state index contributed by atoms with van der Waals surface area (Å²) in [5.41, 5.74) is 5.05. The van der Waals surface area contributed by atoms with E-state index in [4.69, 9.17) is 0 Å². The number of benzene rings is 2. The Labute approximate surface area is 187 Å². The Morgan fingerprint density at radius 3 is 2.55 bits per heavy atom. The maximum atomic E-state index is 12.4. The van der Waals surface area contributed by atoms with Gasteiger partial charge in [-0.05, 0) is 63.5 Å². The summed E-state index contributed by atoms with van der Waals surface area (Å²) in [4.78, 5) is 14.7. The summed E-state index contributed by atoms with van der Waals surface area (Å²) in [6, 6.07) is 17.2. The number of carbonyl (C=O) groups is 1. The highest BCUT2D eigenvalue weighted by Gasteiger charge is 2.10. The summed E-state index contributed by atoms with van der Waals surface area (Å²) in [5, 5.41) is 4.34. The molecule has 3 rings (SSSR count). The molecule has 1 heterocycles. The Hall–Kier alpha value is -2.59. The van der Waals surface area contributed by atoms with Crippen LogP contribution in [-0.2, 0) is 17.8 Å². The van der Waals surface area contributed by atoms with Crippen molar-refractivity contribution in [3.8, 4) is 0 Å². The monoisotopic (exact) mass is 419 g/mol. The van der Waals surface area contributed by atoms with Crippen LogP contribution in [0.15, 0.2) is 54.7 Å². The number of carbonyl (C=O) groups excluding carboxylic acids is 1. The largest absolute Gasteiger partial charge is 0.356 e. The predicted molar refractivity (Wildman–Crippen MR) is 131 cm³/mol. The first-order chi connectivity index (χ1) is 15.1. The van der Waals surface area contributed by atoms with Crippen LogP contribution >= 0.6 is 0 Å². The molecule has 0 aliphatic carbocycles. The van der Waals surface area contributed by atoms with E-state index < -0.39 is 0 Å². The molecule has 0 atom stereocenters. The summed E-state index contributed by atoms with van der Waals surface area (Å²) >= 11 is 0. The molecular weight excluding hydrogens is 382 g/mol.